The van der Waals surface area contributed by atoms with Gasteiger partial charge >= 0.3 is 11.9 Å². The second-order valence-corrected chi connectivity index (χ2v) is 3.78. The monoisotopic (exact) mass is 234 g/mol. The second kappa shape index (κ2) is 5.84. The van der Waals surface area contributed by atoms with Crippen LogP contribution in [0.1, 0.15) is 17.5 Å². The van der Waals surface area contributed by atoms with Crippen molar-refractivity contribution in [3.05, 3.63) is 42.0 Å². The molecule has 17 heavy (non-hydrogen) atoms. The first-order chi connectivity index (χ1) is 8.02. The molecule has 0 saturated heterocycles. The van der Waals surface area contributed by atoms with Gasteiger partial charge in [0, 0.05) is 0 Å². The maximum atomic E-state index is 10.9. The molecule has 0 saturated carbocycles. The summed E-state index contributed by atoms with van der Waals surface area (Å²) in [5.74, 6) is -3.07. The largest absolute Gasteiger partial charge is 0.481 e. The predicted molar refractivity (Wildman–Crippen MR) is 63.6 cm³/mol. The molecule has 0 aliphatic carbocycles. The van der Waals surface area contributed by atoms with Crippen LogP contribution in [0.15, 0.2) is 30.8 Å². The molecular formula is C13H14O4. The summed E-state index contributed by atoms with van der Waals surface area (Å²) in [5.41, 5.74) is 1.75. The van der Waals surface area contributed by atoms with Gasteiger partial charge in [-0.3, -0.25) is 9.59 Å². The van der Waals surface area contributed by atoms with E-state index in [1.807, 2.05) is 12.1 Å². The van der Waals surface area contributed by atoms with E-state index in [0.717, 1.165) is 11.1 Å². The van der Waals surface area contributed by atoms with Crippen LogP contribution in [0, 0.1) is 5.92 Å². The lowest BCUT2D eigenvalue weighted by atomic mass is 9.96. The fraction of sp³-hybridized carbons (Fsp3) is 0.231. The van der Waals surface area contributed by atoms with E-state index >= 15 is 0 Å². The normalized spacial score (nSPS) is 11.8. The number of benzene rings is 1. The average molecular weight is 234 g/mol. The molecule has 4 heteroatoms. The molecule has 1 aromatic carbocycles. The molecule has 0 aromatic heterocycles. The minimum Gasteiger partial charge on any atom is -0.481 e. The van der Waals surface area contributed by atoms with E-state index in [1.54, 1.807) is 18.2 Å². The van der Waals surface area contributed by atoms with Crippen molar-refractivity contribution in [1.82, 2.24) is 0 Å². The maximum absolute atomic E-state index is 10.9. The summed E-state index contributed by atoms with van der Waals surface area (Å²) < 4.78 is 0. The zero-order chi connectivity index (χ0) is 12.8. The number of rotatable bonds is 6. The Hall–Kier alpha value is -2.10. The van der Waals surface area contributed by atoms with E-state index in [0.29, 0.717) is 0 Å². The lowest BCUT2D eigenvalue weighted by Gasteiger charge is -2.09. The molecule has 4 nitrogen and oxygen atoms in total. The molecule has 0 aliphatic rings. The molecule has 1 aromatic rings. The predicted octanol–water partition coefficient (Wildman–Crippen LogP) is 2.05. The Labute approximate surface area is 99.2 Å². The third-order valence-electron chi connectivity index (χ3n) is 2.47. The summed E-state index contributed by atoms with van der Waals surface area (Å²) in [5, 5.41) is 17.5. The van der Waals surface area contributed by atoms with Crippen molar-refractivity contribution in [3.8, 4) is 0 Å². The number of hydrogen-bond donors (Lipinski definition) is 2. The molecule has 1 rings (SSSR count). The number of aliphatic carboxylic acids is 2. The Morgan fingerprint density at radius 1 is 1.24 bits per heavy atom. The fourth-order valence-electron chi connectivity index (χ4n) is 1.53. The zero-order valence-corrected chi connectivity index (χ0v) is 9.30. The first-order valence-corrected chi connectivity index (χ1v) is 5.19. The van der Waals surface area contributed by atoms with E-state index in [-0.39, 0.29) is 12.8 Å². The molecule has 0 heterocycles. The molecule has 1 atom stereocenters. The van der Waals surface area contributed by atoms with Gasteiger partial charge in [-0.25, -0.2) is 0 Å². The van der Waals surface area contributed by atoms with Gasteiger partial charge in [-0.05, 0) is 17.5 Å². The van der Waals surface area contributed by atoms with Gasteiger partial charge < -0.3 is 10.2 Å². The van der Waals surface area contributed by atoms with Gasteiger partial charge in [-0.2, -0.15) is 0 Å². The van der Waals surface area contributed by atoms with Gasteiger partial charge in [-0.1, -0.05) is 36.9 Å². The summed E-state index contributed by atoms with van der Waals surface area (Å²) >= 11 is 0. The summed E-state index contributed by atoms with van der Waals surface area (Å²) in [6, 6.07) is 7.22. The van der Waals surface area contributed by atoms with Crippen molar-refractivity contribution < 1.29 is 19.8 Å². The highest BCUT2D eigenvalue weighted by Crippen LogP contribution is 2.14. The van der Waals surface area contributed by atoms with Crippen molar-refractivity contribution in [2.24, 2.45) is 5.92 Å². The van der Waals surface area contributed by atoms with Crippen molar-refractivity contribution in [1.29, 1.82) is 0 Å². The number of carbonyl (C=O) groups is 2. The van der Waals surface area contributed by atoms with Gasteiger partial charge in [0.2, 0.25) is 0 Å². The number of carboxylic acid groups (broad SMARTS) is 2. The second-order valence-electron chi connectivity index (χ2n) is 3.78. The Balaban J connectivity index is 2.74. The topological polar surface area (TPSA) is 74.6 Å². The van der Waals surface area contributed by atoms with Crippen LogP contribution in [0.25, 0.3) is 6.08 Å². The lowest BCUT2D eigenvalue weighted by Crippen LogP contribution is -2.20. The molecule has 0 radical (unpaired) electrons. The summed E-state index contributed by atoms with van der Waals surface area (Å²) in [4.78, 5) is 21.4. The van der Waals surface area contributed by atoms with E-state index in [9.17, 15) is 9.59 Å². The van der Waals surface area contributed by atoms with Crippen LogP contribution in [-0.4, -0.2) is 22.2 Å². The van der Waals surface area contributed by atoms with Crippen LogP contribution in [0.3, 0.4) is 0 Å². The van der Waals surface area contributed by atoms with Crippen LogP contribution in [0.2, 0.25) is 0 Å². The Kier molecular flexibility index (Phi) is 4.46. The minimum absolute atomic E-state index is 0.221. The smallest absolute Gasteiger partial charge is 0.307 e. The number of hydrogen-bond acceptors (Lipinski definition) is 2. The zero-order valence-electron chi connectivity index (χ0n) is 9.30. The summed E-state index contributed by atoms with van der Waals surface area (Å²) in [7, 11) is 0. The fourth-order valence-corrected chi connectivity index (χ4v) is 1.53. The van der Waals surface area contributed by atoms with Gasteiger partial charge in [-0.15, -0.1) is 0 Å². The molecule has 2 N–H and O–H groups in total. The van der Waals surface area contributed by atoms with Gasteiger partial charge in [0.1, 0.15) is 0 Å². The van der Waals surface area contributed by atoms with E-state index in [4.69, 9.17) is 10.2 Å². The Morgan fingerprint density at radius 3 is 2.24 bits per heavy atom. The average Bonchev–Trinajstić information content (AvgIpc) is 2.28. The van der Waals surface area contributed by atoms with Crippen molar-refractivity contribution in [2.75, 3.05) is 0 Å². The van der Waals surface area contributed by atoms with E-state index < -0.39 is 17.9 Å². The van der Waals surface area contributed by atoms with Gasteiger partial charge in [0.15, 0.2) is 0 Å². The van der Waals surface area contributed by atoms with E-state index in [1.165, 1.54) is 0 Å². The highest BCUT2D eigenvalue weighted by atomic mass is 16.4. The molecule has 1 unspecified atom stereocenters. The Morgan fingerprint density at radius 2 is 1.82 bits per heavy atom. The van der Waals surface area contributed by atoms with Crippen molar-refractivity contribution in [3.63, 3.8) is 0 Å². The molecule has 90 valence electrons. The van der Waals surface area contributed by atoms with Crippen LogP contribution >= 0.6 is 0 Å². The van der Waals surface area contributed by atoms with Gasteiger partial charge in [0.25, 0.3) is 0 Å². The molecule has 0 bridgehead atoms. The van der Waals surface area contributed by atoms with Crippen LogP contribution in [0.5, 0.6) is 0 Å². The molecular weight excluding hydrogens is 220 g/mol. The molecule has 0 fully saturated rings. The molecule has 0 spiro atoms. The van der Waals surface area contributed by atoms with Crippen LogP contribution in [0.4, 0.5) is 0 Å². The maximum Gasteiger partial charge on any atom is 0.307 e. The van der Waals surface area contributed by atoms with Crippen LogP contribution < -0.4 is 0 Å². The highest BCUT2D eigenvalue weighted by molar-refractivity contribution is 5.78. The number of carboxylic acids is 2. The first kappa shape index (κ1) is 13.0. The van der Waals surface area contributed by atoms with Crippen molar-refractivity contribution in [2.45, 2.75) is 12.8 Å². The SMILES string of the molecule is C=Cc1ccc(CC(CC(=O)O)C(=O)O)cc1. The standard InChI is InChI=1S/C13H14O4/c1-2-9-3-5-10(6-4-9)7-11(13(16)17)8-12(14)15/h2-6,11H,1,7-8H2,(H,14,15)(H,16,17). The third-order valence-corrected chi connectivity index (χ3v) is 2.47. The van der Waals surface area contributed by atoms with E-state index in [2.05, 4.69) is 6.58 Å². The van der Waals surface area contributed by atoms with Gasteiger partial charge in [0.05, 0.1) is 12.3 Å². The molecule has 0 aliphatic heterocycles. The third kappa shape index (κ3) is 4.10. The summed E-state index contributed by atoms with van der Waals surface area (Å²) in [6.07, 6.45) is 1.55. The molecule has 0 amide bonds. The Bertz CT molecular complexity index is 420. The lowest BCUT2D eigenvalue weighted by molar-refractivity contribution is -0.148. The first-order valence-electron chi connectivity index (χ1n) is 5.19. The van der Waals surface area contributed by atoms with Crippen molar-refractivity contribution >= 4 is 18.0 Å². The summed E-state index contributed by atoms with van der Waals surface area (Å²) in [6.45, 7) is 3.62. The van der Waals surface area contributed by atoms with Crippen LogP contribution in [-0.2, 0) is 16.0 Å². The quantitative estimate of drug-likeness (QED) is 0.789. The minimum atomic E-state index is -1.10. The highest BCUT2D eigenvalue weighted by Gasteiger charge is 2.21.